The van der Waals surface area contributed by atoms with E-state index in [1.54, 1.807) is 11.3 Å². The Balaban J connectivity index is 2.18. The fourth-order valence-electron chi connectivity index (χ4n) is 3.62. The van der Waals surface area contributed by atoms with Crippen molar-refractivity contribution >= 4 is 11.3 Å². The molecule has 0 bridgehead atoms. The maximum atomic E-state index is 6.80. The van der Waals surface area contributed by atoms with E-state index in [-0.39, 0.29) is 5.54 Å². The molecule has 0 aliphatic heterocycles. The van der Waals surface area contributed by atoms with Gasteiger partial charge in [-0.15, -0.1) is 11.3 Å². The Labute approximate surface area is 115 Å². The summed E-state index contributed by atoms with van der Waals surface area (Å²) in [7, 11) is 0. The summed E-state index contributed by atoms with van der Waals surface area (Å²) in [6.07, 6.45) is 4.71. The zero-order valence-corrected chi connectivity index (χ0v) is 12.9. The van der Waals surface area contributed by atoms with E-state index >= 15 is 0 Å². The standard InChI is InChI=1S/C15H26N2S/c1-10(2)13-6-5-11(3)7-15(13,16)8-14-17-12(4)9-18-14/h9-11,13H,5-8,16H2,1-4H3. The van der Waals surface area contributed by atoms with Crippen LogP contribution in [0.3, 0.4) is 0 Å². The first kappa shape index (κ1) is 14.0. The average Bonchev–Trinajstić information content (AvgIpc) is 2.62. The minimum atomic E-state index is -0.0455. The monoisotopic (exact) mass is 266 g/mol. The summed E-state index contributed by atoms with van der Waals surface area (Å²) in [6.45, 7) is 9.03. The molecule has 1 heterocycles. The van der Waals surface area contributed by atoms with Gasteiger partial charge in [0.2, 0.25) is 0 Å². The van der Waals surface area contributed by atoms with Gasteiger partial charge in [0.05, 0.1) is 5.01 Å². The number of thiazole rings is 1. The lowest BCUT2D eigenvalue weighted by atomic mass is 9.64. The van der Waals surface area contributed by atoms with Crippen molar-refractivity contribution in [3.63, 3.8) is 0 Å². The molecule has 2 nitrogen and oxygen atoms in total. The van der Waals surface area contributed by atoms with Gasteiger partial charge >= 0.3 is 0 Å². The van der Waals surface area contributed by atoms with Gasteiger partial charge in [0, 0.05) is 23.0 Å². The lowest BCUT2D eigenvalue weighted by Crippen LogP contribution is -2.54. The Morgan fingerprint density at radius 3 is 2.78 bits per heavy atom. The fraction of sp³-hybridized carbons (Fsp3) is 0.800. The van der Waals surface area contributed by atoms with Gasteiger partial charge in [-0.2, -0.15) is 0 Å². The molecule has 0 spiro atoms. The summed E-state index contributed by atoms with van der Waals surface area (Å²) in [4.78, 5) is 4.61. The number of nitrogens with two attached hydrogens (primary N) is 1. The summed E-state index contributed by atoms with van der Waals surface area (Å²) in [5.41, 5.74) is 7.89. The maximum absolute atomic E-state index is 6.80. The van der Waals surface area contributed by atoms with Crippen molar-refractivity contribution in [2.45, 2.75) is 58.9 Å². The van der Waals surface area contributed by atoms with Crippen LogP contribution in [0, 0.1) is 24.7 Å². The lowest BCUT2D eigenvalue weighted by molar-refractivity contribution is 0.109. The van der Waals surface area contributed by atoms with Crippen LogP contribution in [0.1, 0.15) is 50.7 Å². The summed E-state index contributed by atoms with van der Waals surface area (Å²) in [6, 6.07) is 0. The van der Waals surface area contributed by atoms with Crippen LogP contribution >= 0.6 is 11.3 Å². The third kappa shape index (κ3) is 2.94. The number of hydrogen-bond donors (Lipinski definition) is 1. The Morgan fingerprint density at radius 1 is 1.50 bits per heavy atom. The highest BCUT2D eigenvalue weighted by molar-refractivity contribution is 7.09. The zero-order valence-electron chi connectivity index (χ0n) is 12.1. The zero-order chi connectivity index (χ0) is 13.3. The molecule has 0 aromatic carbocycles. The summed E-state index contributed by atoms with van der Waals surface area (Å²) < 4.78 is 0. The molecule has 2 rings (SSSR count). The Morgan fingerprint density at radius 2 is 2.22 bits per heavy atom. The second kappa shape index (κ2) is 5.30. The Bertz CT molecular complexity index is 399. The second-order valence-corrected chi connectivity index (χ2v) is 7.47. The van der Waals surface area contributed by atoms with E-state index in [1.165, 1.54) is 17.8 Å². The number of hydrogen-bond acceptors (Lipinski definition) is 3. The highest BCUT2D eigenvalue weighted by atomic mass is 32.1. The molecular weight excluding hydrogens is 240 g/mol. The Hall–Kier alpha value is -0.410. The van der Waals surface area contributed by atoms with Crippen molar-refractivity contribution in [1.82, 2.24) is 4.98 Å². The van der Waals surface area contributed by atoms with E-state index in [1.807, 2.05) is 0 Å². The number of aromatic nitrogens is 1. The van der Waals surface area contributed by atoms with Crippen LogP contribution in [0.2, 0.25) is 0 Å². The molecule has 3 heteroatoms. The van der Waals surface area contributed by atoms with Gasteiger partial charge in [0.15, 0.2) is 0 Å². The first-order valence-corrected chi connectivity index (χ1v) is 7.98. The van der Waals surface area contributed by atoms with Gasteiger partial charge in [-0.1, -0.05) is 27.2 Å². The van der Waals surface area contributed by atoms with Crippen LogP contribution in [0.15, 0.2) is 5.38 Å². The van der Waals surface area contributed by atoms with Crippen LogP contribution in [-0.2, 0) is 6.42 Å². The molecule has 3 atom stereocenters. The molecule has 1 aliphatic rings. The maximum Gasteiger partial charge on any atom is 0.0946 e. The van der Waals surface area contributed by atoms with Gasteiger partial charge in [-0.3, -0.25) is 0 Å². The van der Waals surface area contributed by atoms with Crippen LogP contribution in [0.25, 0.3) is 0 Å². The molecule has 0 radical (unpaired) electrons. The van der Waals surface area contributed by atoms with Crippen molar-refractivity contribution in [2.24, 2.45) is 23.5 Å². The third-order valence-corrected chi connectivity index (χ3v) is 5.36. The first-order chi connectivity index (χ1) is 8.40. The van der Waals surface area contributed by atoms with Gasteiger partial charge < -0.3 is 5.73 Å². The normalized spacial score (nSPS) is 33.0. The molecule has 3 unspecified atom stereocenters. The molecule has 1 saturated carbocycles. The van der Waals surface area contributed by atoms with Gasteiger partial charge in [0.25, 0.3) is 0 Å². The highest BCUT2D eigenvalue weighted by Crippen LogP contribution is 2.41. The molecule has 2 N–H and O–H groups in total. The van der Waals surface area contributed by atoms with Crippen LogP contribution in [0.4, 0.5) is 0 Å². The van der Waals surface area contributed by atoms with Crippen molar-refractivity contribution in [3.8, 4) is 0 Å². The number of nitrogens with zero attached hydrogens (tertiary/aromatic N) is 1. The van der Waals surface area contributed by atoms with Crippen molar-refractivity contribution in [3.05, 3.63) is 16.1 Å². The molecule has 1 aliphatic carbocycles. The fourth-order valence-corrected chi connectivity index (χ4v) is 4.53. The number of rotatable bonds is 3. The average molecular weight is 266 g/mol. The molecule has 0 saturated heterocycles. The van der Waals surface area contributed by atoms with Crippen LogP contribution in [0.5, 0.6) is 0 Å². The minimum absolute atomic E-state index is 0.0455. The topological polar surface area (TPSA) is 38.9 Å². The summed E-state index contributed by atoms with van der Waals surface area (Å²) in [5, 5.41) is 3.35. The molecule has 1 fully saturated rings. The van der Waals surface area contributed by atoms with Crippen LogP contribution in [-0.4, -0.2) is 10.5 Å². The van der Waals surface area contributed by atoms with E-state index in [4.69, 9.17) is 5.73 Å². The molecule has 1 aromatic rings. The van der Waals surface area contributed by atoms with E-state index in [9.17, 15) is 0 Å². The van der Waals surface area contributed by atoms with Crippen molar-refractivity contribution in [2.75, 3.05) is 0 Å². The quantitative estimate of drug-likeness (QED) is 0.904. The Kier molecular flexibility index (Phi) is 4.12. The predicted molar refractivity (Wildman–Crippen MR) is 78.8 cm³/mol. The molecule has 102 valence electrons. The molecule has 18 heavy (non-hydrogen) atoms. The second-order valence-electron chi connectivity index (χ2n) is 6.53. The molecule has 0 amide bonds. The predicted octanol–water partition coefficient (Wildman–Crippen LogP) is 3.78. The lowest BCUT2D eigenvalue weighted by Gasteiger charge is -2.45. The smallest absolute Gasteiger partial charge is 0.0946 e. The minimum Gasteiger partial charge on any atom is -0.324 e. The molecule has 1 aromatic heterocycles. The van der Waals surface area contributed by atoms with Gasteiger partial charge in [-0.25, -0.2) is 4.98 Å². The SMILES string of the molecule is Cc1csc(CC2(N)CC(C)CCC2C(C)C)n1. The largest absolute Gasteiger partial charge is 0.324 e. The van der Waals surface area contributed by atoms with Crippen molar-refractivity contribution in [1.29, 1.82) is 0 Å². The van der Waals surface area contributed by atoms with E-state index in [0.29, 0.717) is 11.8 Å². The van der Waals surface area contributed by atoms with E-state index < -0.39 is 0 Å². The van der Waals surface area contributed by atoms with Crippen molar-refractivity contribution < 1.29 is 0 Å². The highest BCUT2D eigenvalue weighted by Gasteiger charge is 2.41. The first-order valence-electron chi connectivity index (χ1n) is 7.10. The van der Waals surface area contributed by atoms with E-state index in [2.05, 4.69) is 38.1 Å². The number of aryl methyl sites for hydroxylation is 1. The van der Waals surface area contributed by atoms with Gasteiger partial charge in [0.1, 0.15) is 0 Å². The van der Waals surface area contributed by atoms with E-state index in [0.717, 1.165) is 24.5 Å². The summed E-state index contributed by atoms with van der Waals surface area (Å²) >= 11 is 1.77. The van der Waals surface area contributed by atoms with Crippen LogP contribution < -0.4 is 5.73 Å². The third-order valence-electron chi connectivity index (χ3n) is 4.39. The summed E-state index contributed by atoms with van der Waals surface area (Å²) in [5.74, 6) is 2.06. The molecular formula is C15H26N2S. The van der Waals surface area contributed by atoms with Gasteiger partial charge in [-0.05, 0) is 37.5 Å².